The van der Waals surface area contributed by atoms with E-state index in [4.69, 9.17) is 0 Å². The van der Waals surface area contributed by atoms with E-state index in [1.807, 2.05) is 66.7 Å². The van der Waals surface area contributed by atoms with Crippen molar-refractivity contribution in [2.24, 2.45) is 0 Å². The van der Waals surface area contributed by atoms with E-state index in [9.17, 15) is 9.67 Å². The Labute approximate surface area is 136 Å². The van der Waals surface area contributed by atoms with Crippen LogP contribution in [0.15, 0.2) is 90.7 Å². The van der Waals surface area contributed by atoms with E-state index in [0.29, 0.717) is 5.56 Å². The molecule has 0 aliphatic carbocycles. The van der Waals surface area contributed by atoms with Gasteiger partial charge in [0.15, 0.2) is 7.14 Å². The highest BCUT2D eigenvalue weighted by Crippen LogP contribution is 2.45. The van der Waals surface area contributed by atoms with Crippen LogP contribution in [0.2, 0.25) is 0 Å². The van der Waals surface area contributed by atoms with Crippen molar-refractivity contribution in [3.63, 3.8) is 0 Å². The highest BCUT2D eigenvalue weighted by molar-refractivity contribution is 7.81. The topological polar surface area (TPSA) is 37.3 Å². The SMILES string of the molecule is O=P(/C=C/c1ccccc1O)(c1ccccc1)c1ccccc1. The van der Waals surface area contributed by atoms with Crippen LogP contribution in [0.4, 0.5) is 0 Å². The summed E-state index contributed by atoms with van der Waals surface area (Å²) in [6.07, 6.45) is 1.73. The maximum absolute atomic E-state index is 13.7. The molecule has 0 atom stereocenters. The van der Waals surface area contributed by atoms with Gasteiger partial charge >= 0.3 is 0 Å². The Morgan fingerprint density at radius 2 is 1.17 bits per heavy atom. The van der Waals surface area contributed by atoms with E-state index in [1.165, 1.54) is 0 Å². The maximum Gasteiger partial charge on any atom is 0.164 e. The lowest BCUT2D eigenvalue weighted by Gasteiger charge is -2.15. The van der Waals surface area contributed by atoms with E-state index in [0.717, 1.165) is 10.6 Å². The average molecular weight is 320 g/mol. The van der Waals surface area contributed by atoms with Gasteiger partial charge in [0.05, 0.1) is 0 Å². The van der Waals surface area contributed by atoms with Gasteiger partial charge in [0.25, 0.3) is 0 Å². The lowest BCUT2D eigenvalue weighted by Crippen LogP contribution is -2.13. The number of benzene rings is 3. The highest BCUT2D eigenvalue weighted by atomic mass is 31.2. The Morgan fingerprint density at radius 1 is 0.696 bits per heavy atom. The smallest absolute Gasteiger partial charge is 0.164 e. The van der Waals surface area contributed by atoms with Crippen LogP contribution in [-0.2, 0) is 4.57 Å². The van der Waals surface area contributed by atoms with E-state index < -0.39 is 7.14 Å². The molecular formula is C20H17O2P. The summed E-state index contributed by atoms with van der Waals surface area (Å²) in [5.74, 6) is 1.89. The summed E-state index contributed by atoms with van der Waals surface area (Å²) in [4.78, 5) is 0. The van der Waals surface area contributed by atoms with Crippen LogP contribution in [0, 0.1) is 0 Å². The second kappa shape index (κ2) is 6.68. The molecule has 0 aliphatic heterocycles. The van der Waals surface area contributed by atoms with E-state index in [2.05, 4.69) is 0 Å². The third-order valence-corrected chi connectivity index (χ3v) is 6.38. The summed E-state index contributed by atoms with van der Waals surface area (Å²) in [7, 11) is -2.90. The van der Waals surface area contributed by atoms with Crippen LogP contribution in [0.25, 0.3) is 6.08 Å². The molecule has 114 valence electrons. The molecule has 3 heteroatoms. The second-order valence-corrected chi connectivity index (χ2v) is 7.85. The molecular weight excluding hydrogens is 303 g/mol. The van der Waals surface area contributed by atoms with Crippen molar-refractivity contribution in [1.29, 1.82) is 0 Å². The number of hydrogen-bond donors (Lipinski definition) is 1. The quantitative estimate of drug-likeness (QED) is 0.725. The van der Waals surface area contributed by atoms with Crippen molar-refractivity contribution in [2.75, 3.05) is 0 Å². The molecule has 3 aromatic carbocycles. The summed E-state index contributed by atoms with van der Waals surface area (Å²) in [5, 5.41) is 11.5. The molecule has 0 spiro atoms. The van der Waals surface area contributed by atoms with Crippen molar-refractivity contribution < 1.29 is 9.67 Å². The predicted molar refractivity (Wildman–Crippen MR) is 96.9 cm³/mol. The summed E-state index contributed by atoms with van der Waals surface area (Å²) in [6, 6.07) is 25.9. The van der Waals surface area contributed by atoms with Gasteiger partial charge in [-0.15, -0.1) is 0 Å². The van der Waals surface area contributed by atoms with Crippen LogP contribution in [0.3, 0.4) is 0 Å². The first kappa shape index (κ1) is 15.3. The minimum atomic E-state index is -2.90. The third-order valence-electron chi connectivity index (χ3n) is 3.68. The number of aromatic hydroxyl groups is 1. The first-order valence-electron chi connectivity index (χ1n) is 7.38. The molecule has 3 rings (SSSR count). The molecule has 0 unspecified atom stereocenters. The van der Waals surface area contributed by atoms with Crippen molar-refractivity contribution in [3.05, 3.63) is 96.3 Å². The zero-order chi connectivity index (χ0) is 16.1. The molecule has 0 aliphatic rings. The molecule has 0 heterocycles. The molecule has 0 amide bonds. The minimum absolute atomic E-state index is 0.177. The highest BCUT2D eigenvalue weighted by Gasteiger charge is 2.23. The molecule has 2 nitrogen and oxygen atoms in total. The Morgan fingerprint density at radius 3 is 1.70 bits per heavy atom. The van der Waals surface area contributed by atoms with Crippen LogP contribution >= 0.6 is 7.14 Å². The number of phenols is 1. The van der Waals surface area contributed by atoms with Gasteiger partial charge < -0.3 is 9.67 Å². The molecule has 0 radical (unpaired) electrons. The Kier molecular flexibility index (Phi) is 4.45. The molecule has 0 saturated heterocycles. The molecule has 3 aromatic rings. The van der Waals surface area contributed by atoms with E-state index >= 15 is 0 Å². The molecule has 0 aromatic heterocycles. The first-order chi connectivity index (χ1) is 11.2. The normalized spacial score (nSPS) is 11.7. The van der Waals surface area contributed by atoms with Crippen molar-refractivity contribution in [2.45, 2.75) is 0 Å². The fourth-order valence-electron chi connectivity index (χ4n) is 2.43. The van der Waals surface area contributed by atoms with Crippen LogP contribution < -0.4 is 10.6 Å². The number of phenolic OH excluding ortho intramolecular Hbond substituents is 1. The number of hydrogen-bond acceptors (Lipinski definition) is 2. The Balaban J connectivity index is 2.11. The molecule has 0 bridgehead atoms. The molecule has 23 heavy (non-hydrogen) atoms. The van der Waals surface area contributed by atoms with Gasteiger partial charge in [0.2, 0.25) is 0 Å². The van der Waals surface area contributed by atoms with Gasteiger partial charge in [-0.3, -0.25) is 0 Å². The van der Waals surface area contributed by atoms with Gasteiger partial charge in [0.1, 0.15) is 5.75 Å². The summed E-state index contributed by atoms with van der Waals surface area (Å²) < 4.78 is 13.7. The fourth-order valence-corrected chi connectivity index (χ4v) is 4.68. The number of rotatable bonds is 4. The van der Waals surface area contributed by atoms with Crippen molar-refractivity contribution >= 4 is 23.8 Å². The molecule has 0 saturated carbocycles. The largest absolute Gasteiger partial charge is 0.507 e. The molecule has 1 N–H and O–H groups in total. The van der Waals surface area contributed by atoms with Gasteiger partial charge in [-0.25, -0.2) is 0 Å². The summed E-state index contributed by atoms with van der Waals surface area (Å²) in [5.41, 5.74) is 0.652. The first-order valence-corrected chi connectivity index (χ1v) is 9.16. The van der Waals surface area contributed by atoms with E-state index in [-0.39, 0.29) is 5.75 Å². The zero-order valence-corrected chi connectivity index (χ0v) is 13.4. The second-order valence-electron chi connectivity index (χ2n) is 5.20. The summed E-state index contributed by atoms with van der Waals surface area (Å²) >= 11 is 0. The summed E-state index contributed by atoms with van der Waals surface area (Å²) in [6.45, 7) is 0. The fraction of sp³-hybridized carbons (Fsp3) is 0. The van der Waals surface area contributed by atoms with Gasteiger partial charge in [0, 0.05) is 16.2 Å². The average Bonchev–Trinajstić information content (AvgIpc) is 2.62. The van der Waals surface area contributed by atoms with E-state index in [1.54, 1.807) is 30.1 Å². The Bertz CT molecular complexity index is 812. The minimum Gasteiger partial charge on any atom is -0.507 e. The lowest BCUT2D eigenvalue weighted by molar-refractivity contribution is 0.474. The monoisotopic (exact) mass is 320 g/mol. The Hall–Kier alpha value is -2.57. The van der Waals surface area contributed by atoms with Crippen LogP contribution in [0.1, 0.15) is 5.56 Å². The predicted octanol–water partition coefficient (Wildman–Crippen LogP) is 4.38. The van der Waals surface area contributed by atoms with Gasteiger partial charge in [-0.2, -0.15) is 0 Å². The van der Waals surface area contributed by atoms with Crippen molar-refractivity contribution in [1.82, 2.24) is 0 Å². The van der Waals surface area contributed by atoms with Gasteiger partial charge in [-0.05, 0) is 18.0 Å². The third kappa shape index (κ3) is 3.28. The van der Waals surface area contributed by atoms with Gasteiger partial charge in [-0.1, -0.05) is 78.9 Å². The number of para-hydroxylation sites is 1. The zero-order valence-electron chi connectivity index (χ0n) is 12.5. The van der Waals surface area contributed by atoms with Crippen LogP contribution in [0.5, 0.6) is 5.75 Å². The molecule has 0 fully saturated rings. The van der Waals surface area contributed by atoms with Crippen molar-refractivity contribution in [3.8, 4) is 5.75 Å². The maximum atomic E-state index is 13.7. The van der Waals surface area contributed by atoms with Crippen LogP contribution in [-0.4, -0.2) is 5.11 Å². The lowest BCUT2D eigenvalue weighted by atomic mass is 10.2. The standard InChI is InChI=1S/C20H17O2P/c21-20-14-8-7-9-17(20)15-16-23(22,18-10-3-1-4-11-18)19-12-5-2-6-13-19/h1-16,21H/b16-15+.